The van der Waals surface area contributed by atoms with Crippen molar-refractivity contribution in [1.29, 1.82) is 0 Å². The normalized spacial score (nSPS) is 20.7. The smallest absolute Gasteiger partial charge is 0.276 e. The van der Waals surface area contributed by atoms with E-state index in [1.165, 1.54) is 0 Å². The highest BCUT2D eigenvalue weighted by Crippen LogP contribution is 2.25. The largest absolute Gasteiger partial charge is 0.361 e. The van der Waals surface area contributed by atoms with Gasteiger partial charge < -0.3 is 14.7 Å². The van der Waals surface area contributed by atoms with Gasteiger partial charge in [-0.1, -0.05) is 5.16 Å². The van der Waals surface area contributed by atoms with Gasteiger partial charge in [-0.05, 0) is 26.2 Å². The Kier molecular flexibility index (Phi) is 4.22. The van der Waals surface area contributed by atoms with Gasteiger partial charge in [-0.15, -0.1) is 0 Å². The fourth-order valence-corrected chi connectivity index (χ4v) is 2.83. The van der Waals surface area contributed by atoms with Crippen molar-refractivity contribution in [2.24, 2.45) is 5.92 Å². The van der Waals surface area contributed by atoms with Gasteiger partial charge in [0.1, 0.15) is 5.76 Å². The number of rotatable bonds is 4. The number of nitrogens with zero attached hydrogens (tertiary/aromatic N) is 4. The van der Waals surface area contributed by atoms with Crippen molar-refractivity contribution < 1.29 is 13.7 Å². The molecule has 2 unspecified atom stereocenters. The Balaban J connectivity index is 1.57. The maximum absolute atomic E-state index is 12.8. The monoisotopic (exact) mass is 319 g/mol. The van der Waals surface area contributed by atoms with Crippen LogP contribution in [0.3, 0.4) is 0 Å². The molecule has 2 atom stereocenters. The highest BCUT2D eigenvalue weighted by Gasteiger charge is 2.33. The number of aromatic nitrogens is 3. The molecule has 3 rings (SSSR count). The Morgan fingerprint density at radius 2 is 2.22 bits per heavy atom. The Morgan fingerprint density at radius 1 is 1.48 bits per heavy atom. The number of anilines is 1. The Morgan fingerprint density at radius 3 is 2.87 bits per heavy atom. The lowest BCUT2D eigenvalue weighted by atomic mass is 10.1. The number of nitrogens with one attached hydrogen (secondary N) is 1. The fraction of sp³-hybridized carbons (Fsp3) is 0.467. The molecule has 23 heavy (non-hydrogen) atoms. The van der Waals surface area contributed by atoms with Crippen molar-refractivity contribution in [1.82, 2.24) is 20.0 Å². The lowest BCUT2D eigenvalue weighted by Gasteiger charge is -2.19. The average Bonchev–Trinajstić information content (AvgIpc) is 3.12. The third-order valence-corrected chi connectivity index (χ3v) is 3.94. The van der Waals surface area contributed by atoms with Crippen LogP contribution in [0.25, 0.3) is 0 Å². The van der Waals surface area contributed by atoms with Crippen molar-refractivity contribution in [2.75, 3.05) is 18.4 Å². The van der Waals surface area contributed by atoms with Gasteiger partial charge in [-0.2, -0.15) is 0 Å². The third kappa shape index (κ3) is 3.46. The van der Waals surface area contributed by atoms with Crippen LogP contribution in [0.4, 0.5) is 10.3 Å². The molecule has 7 nitrogen and oxygen atoms in total. The number of hydrogen-bond acceptors (Lipinski definition) is 6. The molecule has 8 heteroatoms. The van der Waals surface area contributed by atoms with Gasteiger partial charge in [0.15, 0.2) is 11.5 Å². The van der Waals surface area contributed by atoms with Crippen LogP contribution in [0.15, 0.2) is 23.0 Å². The molecule has 1 amide bonds. The number of hydrogen-bond donors (Lipinski definition) is 1. The van der Waals surface area contributed by atoms with E-state index in [2.05, 4.69) is 20.4 Å². The zero-order valence-electron chi connectivity index (χ0n) is 13.0. The van der Waals surface area contributed by atoms with Crippen LogP contribution in [-0.4, -0.2) is 45.1 Å². The molecule has 3 heterocycles. The third-order valence-electron chi connectivity index (χ3n) is 3.94. The van der Waals surface area contributed by atoms with Gasteiger partial charge in [-0.25, -0.2) is 14.4 Å². The lowest BCUT2D eigenvalue weighted by Crippen LogP contribution is -2.34. The first-order chi connectivity index (χ1) is 11.0. The van der Waals surface area contributed by atoms with E-state index in [-0.39, 0.29) is 17.9 Å². The number of amides is 1. The van der Waals surface area contributed by atoms with Gasteiger partial charge in [0.05, 0.1) is 12.4 Å². The highest BCUT2D eigenvalue weighted by atomic mass is 19.1. The maximum atomic E-state index is 12.8. The van der Waals surface area contributed by atoms with E-state index in [0.29, 0.717) is 30.5 Å². The SMILES string of the molecule is Cc1cc(C(=O)N2CC(CNc3ncc(F)cn3)CC2C)no1. The summed E-state index contributed by atoms with van der Waals surface area (Å²) in [4.78, 5) is 22.0. The molecular formula is C15H18FN5O2. The van der Waals surface area contributed by atoms with E-state index in [9.17, 15) is 9.18 Å². The minimum atomic E-state index is -0.468. The minimum Gasteiger partial charge on any atom is -0.361 e. The number of carbonyl (C=O) groups excluding carboxylic acids is 1. The van der Waals surface area contributed by atoms with E-state index in [0.717, 1.165) is 18.8 Å². The molecule has 1 aliphatic rings. The van der Waals surface area contributed by atoms with Crippen LogP contribution in [-0.2, 0) is 0 Å². The van der Waals surface area contributed by atoms with Gasteiger partial charge in [0.25, 0.3) is 5.91 Å². The summed E-state index contributed by atoms with van der Waals surface area (Å²) in [5, 5.41) is 6.86. The molecule has 1 N–H and O–H groups in total. The molecule has 2 aromatic rings. The topological polar surface area (TPSA) is 84.2 Å². The molecular weight excluding hydrogens is 301 g/mol. The van der Waals surface area contributed by atoms with Gasteiger partial charge in [0.2, 0.25) is 5.95 Å². The predicted molar refractivity (Wildman–Crippen MR) is 80.3 cm³/mol. The fourth-order valence-electron chi connectivity index (χ4n) is 2.83. The lowest BCUT2D eigenvalue weighted by molar-refractivity contribution is 0.0733. The van der Waals surface area contributed by atoms with Crippen LogP contribution >= 0.6 is 0 Å². The van der Waals surface area contributed by atoms with Crippen LogP contribution in [0, 0.1) is 18.7 Å². The van der Waals surface area contributed by atoms with E-state index < -0.39 is 5.82 Å². The zero-order chi connectivity index (χ0) is 16.4. The summed E-state index contributed by atoms with van der Waals surface area (Å²) in [7, 11) is 0. The summed E-state index contributed by atoms with van der Waals surface area (Å²) >= 11 is 0. The molecule has 122 valence electrons. The van der Waals surface area contributed by atoms with Crippen LogP contribution in [0.1, 0.15) is 29.6 Å². The molecule has 0 spiro atoms. The molecule has 1 aliphatic heterocycles. The van der Waals surface area contributed by atoms with Crippen LogP contribution in [0.2, 0.25) is 0 Å². The predicted octanol–water partition coefficient (Wildman–Crippen LogP) is 1.87. The van der Waals surface area contributed by atoms with Crippen molar-refractivity contribution in [2.45, 2.75) is 26.3 Å². The van der Waals surface area contributed by atoms with E-state index in [1.54, 1.807) is 17.9 Å². The Bertz CT molecular complexity index is 687. The molecule has 1 saturated heterocycles. The quantitative estimate of drug-likeness (QED) is 0.926. The second-order valence-corrected chi connectivity index (χ2v) is 5.84. The van der Waals surface area contributed by atoms with Crippen molar-refractivity contribution in [3.05, 3.63) is 35.7 Å². The first-order valence-corrected chi connectivity index (χ1v) is 7.48. The summed E-state index contributed by atoms with van der Waals surface area (Å²) in [6.45, 7) is 5.02. The van der Waals surface area contributed by atoms with Gasteiger partial charge >= 0.3 is 0 Å². The average molecular weight is 319 g/mol. The number of likely N-dealkylation sites (tertiary alicyclic amines) is 1. The summed E-state index contributed by atoms with van der Waals surface area (Å²) < 4.78 is 17.7. The van der Waals surface area contributed by atoms with E-state index in [1.807, 2.05) is 6.92 Å². The standard InChI is InChI=1S/C15H18FN5O2/c1-9-3-11(5-17-15-18-6-12(16)7-19-15)8-21(9)14(22)13-4-10(2)23-20-13/h4,6-7,9,11H,3,5,8H2,1-2H3,(H,17,18,19). The first-order valence-electron chi connectivity index (χ1n) is 7.48. The molecule has 0 aliphatic carbocycles. The van der Waals surface area contributed by atoms with Crippen molar-refractivity contribution in [3.8, 4) is 0 Å². The van der Waals surface area contributed by atoms with E-state index in [4.69, 9.17) is 4.52 Å². The van der Waals surface area contributed by atoms with Crippen molar-refractivity contribution >= 4 is 11.9 Å². The first kappa shape index (κ1) is 15.4. The summed E-state index contributed by atoms with van der Waals surface area (Å²) in [6, 6.07) is 1.77. The highest BCUT2D eigenvalue weighted by molar-refractivity contribution is 5.92. The summed E-state index contributed by atoms with van der Waals surface area (Å²) in [5.74, 6) is 0.693. The molecule has 1 fully saturated rings. The molecule has 0 aromatic carbocycles. The number of carbonyl (C=O) groups is 1. The van der Waals surface area contributed by atoms with Crippen molar-refractivity contribution in [3.63, 3.8) is 0 Å². The van der Waals surface area contributed by atoms with Crippen LogP contribution < -0.4 is 5.32 Å². The zero-order valence-corrected chi connectivity index (χ0v) is 13.0. The van der Waals surface area contributed by atoms with Gasteiger partial charge in [0, 0.05) is 25.2 Å². The second-order valence-electron chi connectivity index (χ2n) is 5.84. The minimum absolute atomic E-state index is 0.116. The maximum Gasteiger partial charge on any atom is 0.276 e. The summed E-state index contributed by atoms with van der Waals surface area (Å²) in [5.41, 5.74) is 0.338. The molecule has 0 saturated carbocycles. The Labute approximate surface area is 132 Å². The number of aryl methyl sites for hydroxylation is 1. The summed E-state index contributed by atoms with van der Waals surface area (Å²) in [6.07, 6.45) is 3.11. The molecule has 0 radical (unpaired) electrons. The Hall–Kier alpha value is -2.51. The second kappa shape index (κ2) is 6.31. The van der Waals surface area contributed by atoms with Gasteiger partial charge in [-0.3, -0.25) is 4.79 Å². The molecule has 2 aromatic heterocycles. The van der Waals surface area contributed by atoms with Crippen LogP contribution in [0.5, 0.6) is 0 Å². The number of halogens is 1. The molecule has 0 bridgehead atoms. The van der Waals surface area contributed by atoms with E-state index >= 15 is 0 Å².